The third-order valence-corrected chi connectivity index (χ3v) is 1.91. The first-order valence-corrected chi connectivity index (χ1v) is 4.08. The maximum absolute atomic E-state index is 10.8. The lowest BCUT2D eigenvalue weighted by Gasteiger charge is -2.14. The van der Waals surface area contributed by atoms with E-state index in [4.69, 9.17) is 5.11 Å². The Labute approximate surface area is 76.6 Å². The second kappa shape index (κ2) is 4.05. The first-order valence-electron chi connectivity index (χ1n) is 4.08. The molecule has 0 aromatic heterocycles. The zero-order valence-electron chi connectivity index (χ0n) is 7.34. The second-order valence-electron chi connectivity index (χ2n) is 2.97. The van der Waals surface area contributed by atoms with E-state index in [9.17, 15) is 9.90 Å². The minimum absolute atomic E-state index is 0.630. The molecule has 0 spiro atoms. The summed E-state index contributed by atoms with van der Waals surface area (Å²) in [7, 11) is 0. The molecule has 1 aromatic carbocycles. The summed E-state index contributed by atoms with van der Waals surface area (Å²) in [5.41, 5.74) is 0.630. The summed E-state index contributed by atoms with van der Waals surface area (Å²) in [5, 5.41) is 18.1. The molecule has 1 unspecified atom stereocenters. The fourth-order valence-electron chi connectivity index (χ4n) is 1.29. The Morgan fingerprint density at radius 3 is 2.23 bits per heavy atom. The van der Waals surface area contributed by atoms with E-state index in [2.05, 4.69) is 0 Å². The fraction of sp³-hybridized carbons (Fsp3) is 0.300. The molecule has 0 aliphatic carbocycles. The van der Waals surface area contributed by atoms with E-state index in [1.54, 1.807) is 24.3 Å². The van der Waals surface area contributed by atoms with E-state index in [1.807, 2.05) is 6.07 Å². The largest absolute Gasteiger partial charge is 0.481 e. The summed E-state index contributed by atoms with van der Waals surface area (Å²) in [6, 6.07) is 8.72. The van der Waals surface area contributed by atoms with E-state index >= 15 is 0 Å². The molecule has 1 aromatic rings. The maximum atomic E-state index is 10.8. The first-order chi connectivity index (χ1) is 6.13. The highest BCUT2D eigenvalue weighted by molar-refractivity contribution is 5.76. The van der Waals surface area contributed by atoms with E-state index in [1.165, 1.54) is 6.92 Å². The number of carboxylic acids is 1. The van der Waals surface area contributed by atoms with Crippen LogP contribution >= 0.6 is 0 Å². The van der Waals surface area contributed by atoms with Crippen LogP contribution in [0.1, 0.15) is 18.4 Å². The molecule has 3 nitrogen and oxygen atoms in total. The maximum Gasteiger partial charge on any atom is 0.313 e. The second-order valence-corrected chi connectivity index (χ2v) is 2.97. The van der Waals surface area contributed by atoms with Crippen molar-refractivity contribution < 1.29 is 15.0 Å². The topological polar surface area (TPSA) is 57.5 Å². The number of hydrogen-bond acceptors (Lipinski definition) is 2. The Morgan fingerprint density at radius 1 is 1.31 bits per heavy atom. The third kappa shape index (κ3) is 2.29. The van der Waals surface area contributed by atoms with Crippen molar-refractivity contribution in [2.45, 2.75) is 18.9 Å². The molecule has 0 bridgehead atoms. The highest BCUT2D eigenvalue weighted by atomic mass is 16.4. The number of aliphatic carboxylic acids is 1. The van der Waals surface area contributed by atoms with Gasteiger partial charge >= 0.3 is 5.97 Å². The number of aliphatic hydroxyl groups excluding tert-OH is 1. The van der Waals surface area contributed by atoms with Crippen molar-refractivity contribution in [3.63, 3.8) is 0 Å². The Kier molecular flexibility index (Phi) is 3.03. The monoisotopic (exact) mass is 180 g/mol. The number of benzene rings is 1. The molecule has 0 aliphatic heterocycles. The molecule has 70 valence electrons. The molecule has 0 radical (unpaired) electrons. The fourth-order valence-corrected chi connectivity index (χ4v) is 1.29. The zero-order valence-corrected chi connectivity index (χ0v) is 7.34. The van der Waals surface area contributed by atoms with Gasteiger partial charge in [-0.1, -0.05) is 30.3 Å². The van der Waals surface area contributed by atoms with E-state index in [0.29, 0.717) is 5.56 Å². The predicted molar refractivity (Wildman–Crippen MR) is 48.5 cm³/mol. The van der Waals surface area contributed by atoms with Crippen LogP contribution in [0, 0.1) is 0 Å². The quantitative estimate of drug-likeness (QED) is 0.735. The van der Waals surface area contributed by atoms with Gasteiger partial charge in [0.15, 0.2) is 0 Å². The van der Waals surface area contributed by atoms with Crippen LogP contribution in [-0.2, 0) is 4.79 Å². The molecule has 2 atom stereocenters. The highest BCUT2D eigenvalue weighted by Crippen LogP contribution is 2.19. The summed E-state index contributed by atoms with van der Waals surface area (Å²) in [6.45, 7) is 1.48. The Morgan fingerprint density at radius 2 is 1.85 bits per heavy atom. The third-order valence-electron chi connectivity index (χ3n) is 1.91. The van der Waals surface area contributed by atoms with Crippen LogP contribution in [0.2, 0.25) is 0 Å². The molecular formula is C10H12O3. The van der Waals surface area contributed by atoms with Gasteiger partial charge in [-0.05, 0) is 12.5 Å². The van der Waals surface area contributed by atoms with E-state index in [0.717, 1.165) is 0 Å². The lowest BCUT2D eigenvalue weighted by Crippen LogP contribution is -2.23. The predicted octanol–water partition coefficient (Wildman–Crippen LogP) is 1.24. The highest BCUT2D eigenvalue weighted by Gasteiger charge is 2.24. The first kappa shape index (κ1) is 9.74. The van der Waals surface area contributed by atoms with Crippen LogP contribution in [-0.4, -0.2) is 22.3 Å². The van der Waals surface area contributed by atoms with Gasteiger partial charge in [0, 0.05) is 0 Å². The SMILES string of the molecule is C[C@H](O)C(C(=O)O)c1ccccc1. The summed E-state index contributed by atoms with van der Waals surface area (Å²) >= 11 is 0. The molecular weight excluding hydrogens is 168 g/mol. The van der Waals surface area contributed by atoms with E-state index < -0.39 is 18.0 Å². The van der Waals surface area contributed by atoms with Crippen molar-refractivity contribution in [1.82, 2.24) is 0 Å². The van der Waals surface area contributed by atoms with Crippen LogP contribution in [0.5, 0.6) is 0 Å². The molecule has 0 fully saturated rings. The molecule has 0 aliphatic rings. The lowest BCUT2D eigenvalue weighted by molar-refractivity contribution is -0.141. The van der Waals surface area contributed by atoms with Gasteiger partial charge in [-0.25, -0.2) is 0 Å². The smallest absolute Gasteiger partial charge is 0.313 e. The normalized spacial score (nSPS) is 14.9. The average molecular weight is 180 g/mol. The van der Waals surface area contributed by atoms with Gasteiger partial charge < -0.3 is 10.2 Å². The van der Waals surface area contributed by atoms with Gasteiger partial charge in [0.1, 0.15) is 5.92 Å². The Balaban J connectivity index is 2.96. The van der Waals surface area contributed by atoms with Crippen molar-refractivity contribution in [2.75, 3.05) is 0 Å². The minimum Gasteiger partial charge on any atom is -0.481 e. The lowest BCUT2D eigenvalue weighted by atomic mass is 9.95. The molecule has 1 rings (SSSR count). The van der Waals surface area contributed by atoms with Gasteiger partial charge in [-0.2, -0.15) is 0 Å². The zero-order chi connectivity index (χ0) is 9.84. The van der Waals surface area contributed by atoms with Gasteiger partial charge in [0.05, 0.1) is 6.10 Å². The van der Waals surface area contributed by atoms with Gasteiger partial charge in [0.2, 0.25) is 0 Å². The van der Waals surface area contributed by atoms with Crippen LogP contribution in [0.4, 0.5) is 0 Å². The van der Waals surface area contributed by atoms with Gasteiger partial charge in [-0.3, -0.25) is 4.79 Å². The molecule has 0 amide bonds. The summed E-state index contributed by atoms with van der Waals surface area (Å²) in [6.07, 6.45) is -0.875. The number of aliphatic hydroxyl groups is 1. The molecule has 0 saturated heterocycles. The molecule has 2 N–H and O–H groups in total. The van der Waals surface area contributed by atoms with Crippen LogP contribution in [0.3, 0.4) is 0 Å². The molecule has 13 heavy (non-hydrogen) atoms. The Hall–Kier alpha value is -1.35. The molecule has 0 heterocycles. The van der Waals surface area contributed by atoms with Crippen molar-refractivity contribution in [3.05, 3.63) is 35.9 Å². The number of rotatable bonds is 3. The summed E-state index contributed by atoms with van der Waals surface area (Å²) in [5.74, 6) is -1.83. The molecule has 0 saturated carbocycles. The Bertz CT molecular complexity index is 279. The van der Waals surface area contributed by atoms with Crippen molar-refractivity contribution in [1.29, 1.82) is 0 Å². The number of carbonyl (C=O) groups is 1. The summed E-state index contributed by atoms with van der Waals surface area (Å²) < 4.78 is 0. The number of carboxylic acid groups (broad SMARTS) is 1. The number of hydrogen-bond donors (Lipinski definition) is 2. The van der Waals surface area contributed by atoms with E-state index in [-0.39, 0.29) is 0 Å². The van der Waals surface area contributed by atoms with Crippen molar-refractivity contribution in [2.24, 2.45) is 0 Å². The van der Waals surface area contributed by atoms with Gasteiger partial charge in [-0.15, -0.1) is 0 Å². The summed E-state index contributed by atoms with van der Waals surface area (Å²) in [4.78, 5) is 10.8. The van der Waals surface area contributed by atoms with Crippen LogP contribution in [0.25, 0.3) is 0 Å². The van der Waals surface area contributed by atoms with Crippen molar-refractivity contribution >= 4 is 5.97 Å². The van der Waals surface area contributed by atoms with Crippen LogP contribution in [0.15, 0.2) is 30.3 Å². The van der Waals surface area contributed by atoms with Crippen LogP contribution < -0.4 is 0 Å². The average Bonchev–Trinajstić information content (AvgIpc) is 2.04. The minimum atomic E-state index is -0.999. The van der Waals surface area contributed by atoms with Gasteiger partial charge in [0.25, 0.3) is 0 Å². The standard InChI is InChI=1S/C10H12O3/c1-7(11)9(10(12)13)8-5-3-2-4-6-8/h2-7,9,11H,1H3,(H,12,13)/t7-,9?/m0/s1. The van der Waals surface area contributed by atoms with Crippen molar-refractivity contribution in [3.8, 4) is 0 Å². The molecule has 3 heteroatoms.